The molecule has 0 saturated heterocycles. The van der Waals surface area contributed by atoms with Gasteiger partial charge in [0.1, 0.15) is 12.4 Å². The molecule has 0 bridgehead atoms. The summed E-state index contributed by atoms with van der Waals surface area (Å²) in [5.74, 6) is -1.29. The SMILES string of the molecule is C[C@@](O)(CC(=O)NNC(=O)c1ccc(COc2ccc(Cl)cc2)cc1)C(F)(F)F. The van der Waals surface area contributed by atoms with Gasteiger partial charge in [-0.15, -0.1) is 0 Å². The molecule has 6 nitrogen and oxygen atoms in total. The summed E-state index contributed by atoms with van der Waals surface area (Å²) in [6.45, 7) is 0.714. The predicted octanol–water partition coefficient (Wildman–Crippen LogP) is 3.38. The van der Waals surface area contributed by atoms with Crippen LogP contribution in [0.4, 0.5) is 13.2 Å². The quantitative estimate of drug-likeness (QED) is 0.613. The zero-order valence-corrected chi connectivity index (χ0v) is 16.0. The number of amides is 2. The van der Waals surface area contributed by atoms with Crippen LogP contribution in [0.15, 0.2) is 48.5 Å². The molecule has 10 heteroatoms. The number of hydrazine groups is 1. The van der Waals surface area contributed by atoms with Crippen molar-refractivity contribution in [2.45, 2.75) is 31.7 Å². The normalized spacial score (nSPS) is 13.3. The van der Waals surface area contributed by atoms with Crippen molar-refractivity contribution in [2.75, 3.05) is 0 Å². The van der Waals surface area contributed by atoms with E-state index in [0.29, 0.717) is 17.7 Å². The minimum atomic E-state index is -4.97. The van der Waals surface area contributed by atoms with Gasteiger partial charge in [0.25, 0.3) is 5.91 Å². The molecule has 1 atom stereocenters. The van der Waals surface area contributed by atoms with Gasteiger partial charge >= 0.3 is 6.18 Å². The average Bonchev–Trinajstić information content (AvgIpc) is 2.65. The molecular weight excluding hydrogens is 413 g/mol. The van der Waals surface area contributed by atoms with Crippen molar-refractivity contribution in [3.63, 3.8) is 0 Å². The van der Waals surface area contributed by atoms with E-state index >= 15 is 0 Å². The molecule has 2 aromatic carbocycles. The molecule has 0 unspecified atom stereocenters. The topological polar surface area (TPSA) is 87.7 Å². The number of carbonyl (C=O) groups is 2. The lowest BCUT2D eigenvalue weighted by Crippen LogP contribution is -2.49. The summed E-state index contributed by atoms with van der Waals surface area (Å²) in [6, 6.07) is 13.0. The van der Waals surface area contributed by atoms with Gasteiger partial charge in [-0.2, -0.15) is 13.2 Å². The Morgan fingerprint density at radius 2 is 1.62 bits per heavy atom. The summed E-state index contributed by atoms with van der Waals surface area (Å²) in [6.07, 6.45) is -6.23. The van der Waals surface area contributed by atoms with Crippen molar-refractivity contribution < 1.29 is 32.6 Å². The third kappa shape index (κ3) is 6.65. The number of rotatable bonds is 6. The van der Waals surface area contributed by atoms with E-state index in [2.05, 4.69) is 0 Å². The Balaban J connectivity index is 1.84. The first-order valence-corrected chi connectivity index (χ1v) is 8.71. The Kier molecular flexibility index (Phi) is 7.10. The lowest BCUT2D eigenvalue weighted by Gasteiger charge is -2.25. The van der Waals surface area contributed by atoms with Crippen LogP contribution in [0.3, 0.4) is 0 Å². The van der Waals surface area contributed by atoms with Gasteiger partial charge in [-0.25, -0.2) is 0 Å². The van der Waals surface area contributed by atoms with E-state index in [9.17, 15) is 27.9 Å². The van der Waals surface area contributed by atoms with Crippen molar-refractivity contribution in [2.24, 2.45) is 0 Å². The molecule has 156 valence electrons. The van der Waals surface area contributed by atoms with E-state index < -0.39 is 30.0 Å². The fourth-order valence-corrected chi connectivity index (χ4v) is 2.23. The number of benzene rings is 2. The van der Waals surface area contributed by atoms with E-state index in [-0.39, 0.29) is 12.2 Å². The predicted molar refractivity (Wildman–Crippen MR) is 99.1 cm³/mol. The van der Waals surface area contributed by atoms with Crippen molar-refractivity contribution in [3.8, 4) is 5.75 Å². The lowest BCUT2D eigenvalue weighted by molar-refractivity contribution is -0.253. The highest BCUT2D eigenvalue weighted by Crippen LogP contribution is 2.32. The van der Waals surface area contributed by atoms with Crippen LogP contribution in [0.2, 0.25) is 5.02 Å². The third-order valence-corrected chi connectivity index (χ3v) is 4.12. The van der Waals surface area contributed by atoms with Crippen molar-refractivity contribution >= 4 is 23.4 Å². The highest BCUT2D eigenvalue weighted by molar-refractivity contribution is 6.30. The highest BCUT2D eigenvalue weighted by atomic mass is 35.5. The fraction of sp³-hybridized carbons (Fsp3) is 0.263. The molecule has 0 radical (unpaired) electrons. The van der Waals surface area contributed by atoms with Gasteiger partial charge in [0.05, 0.1) is 6.42 Å². The maximum Gasteiger partial charge on any atom is 0.417 e. The van der Waals surface area contributed by atoms with Crippen LogP contribution >= 0.6 is 11.6 Å². The van der Waals surface area contributed by atoms with Crippen LogP contribution in [-0.2, 0) is 11.4 Å². The van der Waals surface area contributed by atoms with Crippen molar-refractivity contribution in [1.29, 1.82) is 0 Å². The van der Waals surface area contributed by atoms with E-state index in [0.717, 1.165) is 5.56 Å². The van der Waals surface area contributed by atoms with Gasteiger partial charge in [0.15, 0.2) is 5.60 Å². The van der Waals surface area contributed by atoms with Gasteiger partial charge in [-0.05, 0) is 48.9 Å². The van der Waals surface area contributed by atoms with Gasteiger partial charge in [-0.3, -0.25) is 20.4 Å². The molecule has 0 saturated carbocycles. The molecule has 0 heterocycles. The molecule has 0 fully saturated rings. The minimum absolute atomic E-state index is 0.170. The van der Waals surface area contributed by atoms with Gasteiger partial charge in [0.2, 0.25) is 5.91 Å². The number of halogens is 4. The molecule has 0 aliphatic heterocycles. The summed E-state index contributed by atoms with van der Waals surface area (Å²) >= 11 is 5.79. The first-order chi connectivity index (χ1) is 13.5. The smallest absolute Gasteiger partial charge is 0.417 e. The number of carbonyl (C=O) groups excluding carboxylic acids is 2. The molecule has 2 rings (SSSR count). The molecule has 0 aromatic heterocycles. The second-order valence-corrected chi connectivity index (χ2v) is 6.83. The average molecular weight is 431 g/mol. The van der Waals surface area contributed by atoms with Crippen LogP contribution < -0.4 is 15.6 Å². The number of nitrogens with one attached hydrogen (secondary N) is 2. The summed E-state index contributed by atoms with van der Waals surface area (Å²) < 4.78 is 43.2. The summed E-state index contributed by atoms with van der Waals surface area (Å²) in [5.41, 5.74) is 1.57. The minimum Gasteiger partial charge on any atom is -0.489 e. The largest absolute Gasteiger partial charge is 0.489 e. The highest BCUT2D eigenvalue weighted by Gasteiger charge is 2.51. The van der Waals surface area contributed by atoms with Gasteiger partial charge < -0.3 is 9.84 Å². The zero-order chi connectivity index (χ0) is 21.7. The molecule has 29 heavy (non-hydrogen) atoms. The standard InChI is InChI=1S/C19H18ClF3N2O4/c1-18(28,19(21,22)23)10-16(26)24-25-17(27)13-4-2-12(3-5-13)11-29-15-8-6-14(20)7-9-15/h2-9,28H,10-11H2,1H3,(H,24,26)(H,25,27)/t18-/m1/s1. The number of alkyl halides is 3. The van der Waals surface area contributed by atoms with E-state index in [1.165, 1.54) is 12.1 Å². The molecular formula is C19H18ClF3N2O4. The molecule has 0 aliphatic carbocycles. The first-order valence-electron chi connectivity index (χ1n) is 8.33. The van der Waals surface area contributed by atoms with Crippen LogP contribution in [0.5, 0.6) is 5.75 Å². The van der Waals surface area contributed by atoms with E-state index in [1.807, 2.05) is 10.9 Å². The van der Waals surface area contributed by atoms with Crippen molar-refractivity contribution in [3.05, 3.63) is 64.7 Å². The van der Waals surface area contributed by atoms with Crippen LogP contribution in [-0.4, -0.2) is 28.7 Å². The Labute approximate surface area is 169 Å². The Hall–Kier alpha value is -2.78. The van der Waals surface area contributed by atoms with Crippen LogP contribution in [0.25, 0.3) is 0 Å². The lowest BCUT2D eigenvalue weighted by atomic mass is 10.0. The van der Waals surface area contributed by atoms with E-state index in [1.54, 1.807) is 36.4 Å². The summed E-state index contributed by atoms with van der Waals surface area (Å²) in [5, 5.41) is 9.85. The molecule has 2 aromatic rings. The second kappa shape index (κ2) is 9.15. The number of hydrogen-bond donors (Lipinski definition) is 3. The van der Waals surface area contributed by atoms with Gasteiger partial charge in [0, 0.05) is 10.6 Å². The first kappa shape index (κ1) is 22.5. The monoisotopic (exact) mass is 430 g/mol. The number of hydrogen-bond acceptors (Lipinski definition) is 4. The van der Waals surface area contributed by atoms with Crippen molar-refractivity contribution in [1.82, 2.24) is 10.9 Å². The van der Waals surface area contributed by atoms with Gasteiger partial charge in [-0.1, -0.05) is 23.7 Å². The Bertz CT molecular complexity index is 853. The fourth-order valence-electron chi connectivity index (χ4n) is 2.11. The summed E-state index contributed by atoms with van der Waals surface area (Å²) in [7, 11) is 0. The maximum absolute atomic E-state index is 12.6. The van der Waals surface area contributed by atoms with Crippen LogP contribution in [0, 0.1) is 0 Å². The number of aliphatic hydroxyl groups is 1. The Morgan fingerprint density at radius 1 is 1.03 bits per heavy atom. The second-order valence-electron chi connectivity index (χ2n) is 6.39. The zero-order valence-electron chi connectivity index (χ0n) is 15.2. The Morgan fingerprint density at radius 3 is 2.17 bits per heavy atom. The third-order valence-electron chi connectivity index (χ3n) is 3.87. The summed E-state index contributed by atoms with van der Waals surface area (Å²) in [4.78, 5) is 23.5. The number of ether oxygens (including phenoxy) is 1. The van der Waals surface area contributed by atoms with Crippen LogP contribution in [0.1, 0.15) is 29.3 Å². The maximum atomic E-state index is 12.6. The molecule has 2 amide bonds. The van der Waals surface area contributed by atoms with E-state index in [4.69, 9.17) is 16.3 Å². The molecule has 0 aliphatic rings. The molecule has 0 spiro atoms. The molecule has 3 N–H and O–H groups in total.